The highest BCUT2D eigenvalue weighted by Gasteiger charge is 2.19. The van der Waals surface area contributed by atoms with E-state index < -0.39 is 18.0 Å². The molecule has 4 nitrogen and oxygen atoms in total. The number of benzene rings is 2. The first-order valence-electron chi connectivity index (χ1n) is 7.38. The van der Waals surface area contributed by atoms with E-state index >= 15 is 0 Å². The maximum Gasteiger partial charge on any atom is 0.339 e. The Morgan fingerprint density at radius 2 is 1.65 bits per heavy atom. The Bertz CT molecular complexity index is 704. The number of carbonyl (C=O) groups is 2. The topological polar surface area (TPSA) is 63.6 Å². The molecule has 4 heteroatoms. The van der Waals surface area contributed by atoms with Gasteiger partial charge in [-0.05, 0) is 30.2 Å². The fourth-order valence-electron chi connectivity index (χ4n) is 2.09. The second-order valence-corrected chi connectivity index (χ2v) is 4.97. The van der Waals surface area contributed by atoms with Gasteiger partial charge in [0.15, 0.2) is 0 Å². The van der Waals surface area contributed by atoms with Crippen molar-refractivity contribution in [3.8, 4) is 0 Å². The van der Waals surface area contributed by atoms with E-state index in [0.717, 1.165) is 5.56 Å². The molecule has 0 aliphatic rings. The monoisotopic (exact) mass is 310 g/mol. The molecule has 0 saturated carbocycles. The Kier molecular flexibility index (Phi) is 5.69. The molecule has 118 valence electrons. The standard InChI is InChI=1S/C19H18O4/c1-2-15(13-12-14-8-4-3-5-9-14)23-19(22)17-11-7-6-10-16(17)18(20)21/h3-13,15H,2H2,1H3,(H,20,21)/b13-12+/t15-/m0/s1. The molecule has 0 saturated heterocycles. The van der Waals surface area contributed by atoms with Gasteiger partial charge in [0.1, 0.15) is 6.10 Å². The van der Waals surface area contributed by atoms with Crippen molar-refractivity contribution in [2.75, 3.05) is 0 Å². The van der Waals surface area contributed by atoms with E-state index in [1.807, 2.05) is 43.3 Å². The Hall–Kier alpha value is -2.88. The number of rotatable bonds is 6. The maximum absolute atomic E-state index is 12.2. The largest absolute Gasteiger partial charge is 0.478 e. The van der Waals surface area contributed by atoms with Crippen molar-refractivity contribution in [3.63, 3.8) is 0 Å². The molecule has 0 aromatic heterocycles. The fourth-order valence-corrected chi connectivity index (χ4v) is 2.09. The number of carboxylic acids is 1. The van der Waals surface area contributed by atoms with Crippen LogP contribution in [0.4, 0.5) is 0 Å². The Morgan fingerprint density at radius 1 is 1.04 bits per heavy atom. The summed E-state index contributed by atoms with van der Waals surface area (Å²) in [5, 5.41) is 9.14. The number of aromatic carboxylic acids is 1. The summed E-state index contributed by atoms with van der Waals surface area (Å²) in [6, 6.07) is 15.7. The number of ether oxygens (including phenoxy) is 1. The lowest BCUT2D eigenvalue weighted by molar-refractivity contribution is 0.0383. The molecule has 2 aromatic rings. The SMILES string of the molecule is CC[C@@H](/C=C/c1ccccc1)OC(=O)c1ccccc1C(=O)O. The first-order chi connectivity index (χ1) is 11.1. The van der Waals surface area contributed by atoms with Gasteiger partial charge in [-0.1, -0.05) is 55.5 Å². The van der Waals surface area contributed by atoms with E-state index in [-0.39, 0.29) is 11.1 Å². The smallest absolute Gasteiger partial charge is 0.339 e. The predicted molar refractivity (Wildman–Crippen MR) is 88.4 cm³/mol. The van der Waals surface area contributed by atoms with Crippen molar-refractivity contribution in [2.24, 2.45) is 0 Å². The van der Waals surface area contributed by atoms with Gasteiger partial charge in [0.25, 0.3) is 0 Å². The third-order valence-electron chi connectivity index (χ3n) is 3.34. The summed E-state index contributed by atoms with van der Waals surface area (Å²) in [6.45, 7) is 1.90. The van der Waals surface area contributed by atoms with E-state index in [1.54, 1.807) is 18.2 Å². The highest BCUT2D eigenvalue weighted by atomic mass is 16.5. The Balaban J connectivity index is 2.11. The normalized spacial score (nSPS) is 12.0. The minimum absolute atomic E-state index is 0.0561. The first-order valence-corrected chi connectivity index (χ1v) is 7.38. The molecule has 1 N–H and O–H groups in total. The van der Waals surface area contributed by atoms with Gasteiger partial charge in [-0.3, -0.25) is 0 Å². The second kappa shape index (κ2) is 7.94. The van der Waals surface area contributed by atoms with Crippen LogP contribution >= 0.6 is 0 Å². The summed E-state index contributed by atoms with van der Waals surface area (Å²) in [4.78, 5) is 23.4. The van der Waals surface area contributed by atoms with E-state index in [4.69, 9.17) is 9.84 Å². The van der Waals surface area contributed by atoms with Crippen LogP contribution in [-0.2, 0) is 4.74 Å². The molecule has 2 aromatic carbocycles. The van der Waals surface area contributed by atoms with Crippen LogP contribution in [0, 0.1) is 0 Å². The van der Waals surface area contributed by atoms with E-state index in [1.165, 1.54) is 12.1 Å². The molecule has 0 spiro atoms. The summed E-state index contributed by atoms with van der Waals surface area (Å²) in [5.41, 5.74) is 1.01. The minimum atomic E-state index is -1.15. The van der Waals surface area contributed by atoms with Crippen molar-refractivity contribution in [2.45, 2.75) is 19.4 Å². The number of carboxylic acid groups (broad SMARTS) is 1. The summed E-state index contributed by atoms with van der Waals surface area (Å²) in [7, 11) is 0. The molecule has 0 amide bonds. The first kappa shape index (κ1) is 16.5. The number of hydrogen-bond donors (Lipinski definition) is 1. The quantitative estimate of drug-likeness (QED) is 0.818. The van der Waals surface area contributed by atoms with Crippen molar-refractivity contribution in [1.82, 2.24) is 0 Å². The van der Waals surface area contributed by atoms with Gasteiger partial charge in [-0.15, -0.1) is 0 Å². The van der Waals surface area contributed by atoms with Crippen molar-refractivity contribution in [3.05, 3.63) is 77.4 Å². The lowest BCUT2D eigenvalue weighted by Gasteiger charge is -2.13. The molecule has 0 aliphatic heterocycles. The van der Waals surface area contributed by atoms with Crippen LogP contribution in [-0.4, -0.2) is 23.1 Å². The van der Waals surface area contributed by atoms with Crippen molar-refractivity contribution in [1.29, 1.82) is 0 Å². The number of carbonyl (C=O) groups excluding carboxylic acids is 1. The van der Waals surface area contributed by atoms with E-state index in [0.29, 0.717) is 6.42 Å². The zero-order valence-electron chi connectivity index (χ0n) is 12.8. The zero-order chi connectivity index (χ0) is 16.7. The lowest BCUT2D eigenvalue weighted by atomic mass is 10.1. The van der Waals surface area contributed by atoms with Crippen LogP contribution < -0.4 is 0 Å². The number of esters is 1. The molecule has 1 atom stereocenters. The predicted octanol–water partition coefficient (Wildman–Crippen LogP) is 4.03. The molecular weight excluding hydrogens is 292 g/mol. The van der Waals surface area contributed by atoms with Crippen molar-refractivity contribution >= 4 is 18.0 Å². The average Bonchev–Trinajstić information content (AvgIpc) is 2.59. The van der Waals surface area contributed by atoms with E-state index in [9.17, 15) is 9.59 Å². The van der Waals surface area contributed by atoms with Crippen LogP contribution in [0.25, 0.3) is 6.08 Å². The highest BCUT2D eigenvalue weighted by Crippen LogP contribution is 2.14. The van der Waals surface area contributed by atoms with Crippen molar-refractivity contribution < 1.29 is 19.4 Å². The molecule has 0 radical (unpaired) electrons. The summed E-state index contributed by atoms with van der Waals surface area (Å²) >= 11 is 0. The van der Waals surface area contributed by atoms with Gasteiger partial charge in [-0.2, -0.15) is 0 Å². The molecule has 23 heavy (non-hydrogen) atoms. The molecule has 0 aliphatic carbocycles. The maximum atomic E-state index is 12.2. The molecule has 2 rings (SSSR count). The van der Waals surface area contributed by atoms with Crippen LogP contribution in [0.1, 0.15) is 39.6 Å². The van der Waals surface area contributed by atoms with Crippen LogP contribution in [0.2, 0.25) is 0 Å². The Labute approximate surface area is 135 Å². The molecule has 0 bridgehead atoms. The lowest BCUT2D eigenvalue weighted by Crippen LogP contribution is -2.18. The highest BCUT2D eigenvalue weighted by molar-refractivity contribution is 6.02. The Morgan fingerprint density at radius 3 is 2.26 bits per heavy atom. The molecule has 0 unspecified atom stereocenters. The summed E-state index contributed by atoms with van der Waals surface area (Å²) < 4.78 is 5.41. The summed E-state index contributed by atoms with van der Waals surface area (Å²) in [5.74, 6) is -1.78. The van der Waals surface area contributed by atoms with Crippen LogP contribution in [0.3, 0.4) is 0 Å². The fraction of sp³-hybridized carbons (Fsp3) is 0.158. The van der Waals surface area contributed by atoms with Gasteiger partial charge in [-0.25, -0.2) is 9.59 Å². The van der Waals surface area contributed by atoms with Crippen LogP contribution in [0.5, 0.6) is 0 Å². The molecule has 0 heterocycles. The van der Waals surface area contributed by atoms with Gasteiger partial charge >= 0.3 is 11.9 Å². The van der Waals surface area contributed by atoms with Crippen LogP contribution in [0.15, 0.2) is 60.7 Å². The third kappa shape index (κ3) is 4.54. The number of hydrogen-bond acceptors (Lipinski definition) is 3. The van der Waals surface area contributed by atoms with E-state index in [2.05, 4.69) is 0 Å². The third-order valence-corrected chi connectivity index (χ3v) is 3.34. The minimum Gasteiger partial charge on any atom is -0.478 e. The zero-order valence-corrected chi connectivity index (χ0v) is 12.8. The second-order valence-electron chi connectivity index (χ2n) is 4.97. The van der Waals surface area contributed by atoms with Gasteiger partial charge in [0, 0.05) is 0 Å². The van der Waals surface area contributed by atoms with Gasteiger partial charge in [0.05, 0.1) is 11.1 Å². The van der Waals surface area contributed by atoms with Gasteiger partial charge < -0.3 is 9.84 Å². The average molecular weight is 310 g/mol. The molecular formula is C19H18O4. The summed E-state index contributed by atoms with van der Waals surface area (Å²) in [6.07, 6.45) is 3.87. The molecule has 0 fully saturated rings. The van der Waals surface area contributed by atoms with Gasteiger partial charge in [0.2, 0.25) is 0 Å².